The molecule has 1 N–H and O–H groups in total. The van der Waals surface area contributed by atoms with E-state index in [1.165, 1.54) is 6.42 Å². The van der Waals surface area contributed by atoms with Gasteiger partial charge in [-0.1, -0.05) is 27.7 Å². The van der Waals surface area contributed by atoms with Crippen LogP contribution in [0.1, 0.15) is 34.1 Å². The van der Waals surface area contributed by atoms with E-state index in [1.54, 1.807) is 0 Å². The normalized spacial score (nSPS) is 27.9. The van der Waals surface area contributed by atoms with Gasteiger partial charge >= 0.3 is 0 Å². The average Bonchev–Trinajstić information content (AvgIpc) is 2.53. The molecule has 0 aromatic heterocycles. The molecule has 2 nitrogen and oxygen atoms in total. The van der Waals surface area contributed by atoms with Gasteiger partial charge in [0.25, 0.3) is 0 Å². The van der Waals surface area contributed by atoms with Crippen molar-refractivity contribution < 1.29 is 4.74 Å². The van der Waals surface area contributed by atoms with Crippen molar-refractivity contribution in [3.63, 3.8) is 0 Å². The van der Waals surface area contributed by atoms with Crippen LogP contribution in [0.4, 0.5) is 0 Å². The maximum atomic E-state index is 5.54. The third-order valence-electron chi connectivity index (χ3n) is 3.39. The first-order chi connectivity index (χ1) is 6.57. The summed E-state index contributed by atoms with van der Waals surface area (Å²) in [4.78, 5) is 0. The summed E-state index contributed by atoms with van der Waals surface area (Å²) >= 11 is 0. The fourth-order valence-corrected chi connectivity index (χ4v) is 2.03. The van der Waals surface area contributed by atoms with Gasteiger partial charge in [-0.25, -0.2) is 0 Å². The number of rotatable bonds is 5. The van der Waals surface area contributed by atoms with Crippen LogP contribution in [0.2, 0.25) is 0 Å². The smallest absolute Gasteiger partial charge is 0.0537 e. The Bertz CT molecular complexity index is 160. The van der Waals surface area contributed by atoms with Crippen LogP contribution in [0.15, 0.2) is 0 Å². The lowest BCUT2D eigenvalue weighted by molar-refractivity contribution is 0.117. The molecule has 0 aliphatic carbocycles. The van der Waals surface area contributed by atoms with Gasteiger partial charge < -0.3 is 10.1 Å². The number of ether oxygens (including phenoxy) is 1. The van der Waals surface area contributed by atoms with Gasteiger partial charge in [-0.2, -0.15) is 0 Å². The monoisotopic (exact) mass is 199 g/mol. The highest BCUT2D eigenvalue weighted by Crippen LogP contribution is 2.35. The Kier molecular flexibility index (Phi) is 4.39. The summed E-state index contributed by atoms with van der Waals surface area (Å²) in [5.74, 6) is 1.45. The molecule has 1 atom stereocenters. The Hall–Kier alpha value is -0.0800. The van der Waals surface area contributed by atoms with Crippen LogP contribution in [0.3, 0.4) is 0 Å². The summed E-state index contributed by atoms with van der Waals surface area (Å²) in [7, 11) is 0. The maximum Gasteiger partial charge on any atom is 0.0537 e. The highest BCUT2D eigenvalue weighted by atomic mass is 16.5. The second-order valence-electron chi connectivity index (χ2n) is 5.34. The van der Waals surface area contributed by atoms with Gasteiger partial charge in [0.15, 0.2) is 0 Å². The van der Waals surface area contributed by atoms with Crippen LogP contribution in [0, 0.1) is 17.3 Å². The van der Waals surface area contributed by atoms with Gasteiger partial charge in [-0.3, -0.25) is 0 Å². The van der Waals surface area contributed by atoms with Crippen molar-refractivity contribution in [3.8, 4) is 0 Å². The first-order valence-electron chi connectivity index (χ1n) is 5.85. The third kappa shape index (κ3) is 2.96. The van der Waals surface area contributed by atoms with E-state index in [4.69, 9.17) is 4.74 Å². The van der Waals surface area contributed by atoms with Crippen LogP contribution in [-0.2, 0) is 4.74 Å². The summed E-state index contributed by atoms with van der Waals surface area (Å²) in [6.45, 7) is 13.2. The first-order valence-corrected chi connectivity index (χ1v) is 5.85. The lowest BCUT2D eigenvalue weighted by atomic mass is 9.76. The highest BCUT2D eigenvalue weighted by Gasteiger charge is 2.37. The van der Waals surface area contributed by atoms with Crippen molar-refractivity contribution in [2.24, 2.45) is 17.3 Å². The second kappa shape index (κ2) is 5.13. The molecule has 0 aromatic carbocycles. The first kappa shape index (κ1) is 12.0. The quantitative estimate of drug-likeness (QED) is 0.733. The molecule has 0 radical (unpaired) electrons. The standard InChI is InChI=1S/C12H25NO/c1-10(2)7-13-8-12(11(3)4)5-6-14-9-12/h10-11,13H,5-9H2,1-4H3. The predicted molar refractivity (Wildman–Crippen MR) is 60.4 cm³/mol. The van der Waals surface area contributed by atoms with E-state index in [1.807, 2.05) is 0 Å². The molecule has 0 amide bonds. The molecular weight excluding hydrogens is 174 g/mol. The van der Waals surface area contributed by atoms with E-state index in [9.17, 15) is 0 Å². The summed E-state index contributed by atoms with van der Waals surface area (Å²) in [6.07, 6.45) is 1.22. The van der Waals surface area contributed by atoms with E-state index in [-0.39, 0.29) is 0 Å². The number of hydrogen-bond acceptors (Lipinski definition) is 2. The molecule has 1 heterocycles. The van der Waals surface area contributed by atoms with E-state index in [0.29, 0.717) is 11.3 Å². The molecule has 84 valence electrons. The van der Waals surface area contributed by atoms with Crippen LogP contribution < -0.4 is 5.32 Å². The van der Waals surface area contributed by atoms with E-state index in [2.05, 4.69) is 33.0 Å². The SMILES string of the molecule is CC(C)CNCC1(C(C)C)CCOC1. The summed E-state index contributed by atoms with van der Waals surface area (Å²) in [5.41, 5.74) is 0.398. The van der Waals surface area contributed by atoms with Crippen LogP contribution in [0.5, 0.6) is 0 Å². The summed E-state index contributed by atoms with van der Waals surface area (Å²) < 4.78 is 5.54. The van der Waals surface area contributed by atoms with E-state index in [0.717, 1.165) is 32.2 Å². The molecule has 0 aromatic rings. The van der Waals surface area contributed by atoms with E-state index < -0.39 is 0 Å². The average molecular weight is 199 g/mol. The van der Waals surface area contributed by atoms with Gasteiger partial charge in [0.05, 0.1) is 6.61 Å². The highest BCUT2D eigenvalue weighted by molar-refractivity contribution is 4.88. The topological polar surface area (TPSA) is 21.3 Å². The molecule has 1 fully saturated rings. The molecule has 1 unspecified atom stereocenters. The van der Waals surface area contributed by atoms with Crippen LogP contribution >= 0.6 is 0 Å². The lowest BCUT2D eigenvalue weighted by Crippen LogP contribution is -2.40. The molecule has 0 bridgehead atoms. The Labute approximate surface area is 88.4 Å². The fraction of sp³-hybridized carbons (Fsp3) is 1.00. The Morgan fingerprint density at radius 3 is 2.43 bits per heavy atom. The zero-order chi connectivity index (χ0) is 10.6. The van der Waals surface area contributed by atoms with Crippen molar-refractivity contribution in [1.82, 2.24) is 5.32 Å². The van der Waals surface area contributed by atoms with Gasteiger partial charge in [-0.05, 0) is 24.8 Å². The zero-order valence-electron chi connectivity index (χ0n) is 10.1. The molecule has 0 saturated carbocycles. The van der Waals surface area contributed by atoms with Crippen LogP contribution in [0.25, 0.3) is 0 Å². The Balaban J connectivity index is 2.36. The van der Waals surface area contributed by atoms with Crippen molar-refractivity contribution in [1.29, 1.82) is 0 Å². The fourth-order valence-electron chi connectivity index (χ4n) is 2.03. The molecule has 1 saturated heterocycles. The van der Waals surface area contributed by atoms with Crippen molar-refractivity contribution in [2.45, 2.75) is 34.1 Å². The van der Waals surface area contributed by atoms with Gasteiger partial charge in [0.1, 0.15) is 0 Å². The Morgan fingerprint density at radius 2 is 2.00 bits per heavy atom. The molecule has 2 heteroatoms. The molecular formula is C12H25NO. The molecule has 1 aliphatic rings. The second-order valence-corrected chi connectivity index (χ2v) is 5.34. The molecule has 1 rings (SSSR count). The summed E-state index contributed by atoms with van der Waals surface area (Å²) in [5, 5.41) is 3.57. The van der Waals surface area contributed by atoms with Crippen molar-refractivity contribution in [3.05, 3.63) is 0 Å². The third-order valence-corrected chi connectivity index (χ3v) is 3.39. The van der Waals surface area contributed by atoms with E-state index >= 15 is 0 Å². The van der Waals surface area contributed by atoms with Crippen LogP contribution in [-0.4, -0.2) is 26.3 Å². The maximum absolute atomic E-state index is 5.54. The minimum Gasteiger partial charge on any atom is -0.381 e. The van der Waals surface area contributed by atoms with Gasteiger partial charge in [0, 0.05) is 18.6 Å². The molecule has 0 spiro atoms. The predicted octanol–water partition coefficient (Wildman–Crippen LogP) is 2.29. The zero-order valence-corrected chi connectivity index (χ0v) is 10.1. The lowest BCUT2D eigenvalue weighted by Gasteiger charge is -2.32. The summed E-state index contributed by atoms with van der Waals surface area (Å²) in [6, 6.07) is 0. The Morgan fingerprint density at radius 1 is 1.29 bits per heavy atom. The number of nitrogens with one attached hydrogen (secondary N) is 1. The number of hydrogen-bond donors (Lipinski definition) is 1. The van der Waals surface area contributed by atoms with Gasteiger partial charge in [-0.15, -0.1) is 0 Å². The van der Waals surface area contributed by atoms with Crippen molar-refractivity contribution in [2.75, 3.05) is 26.3 Å². The minimum absolute atomic E-state index is 0.398. The molecule has 1 aliphatic heterocycles. The molecule has 14 heavy (non-hydrogen) atoms. The van der Waals surface area contributed by atoms with Gasteiger partial charge in [0.2, 0.25) is 0 Å². The minimum atomic E-state index is 0.398. The van der Waals surface area contributed by atoms with Crippen molar-refractivity contribution >= 4 is 0 Å². The largest absolute Gasteiger partial charge is 0.381 e.